The van der Waals surface area contributed by atoms with Crippen molar-refractivity contribution in [2.45, 2.75) is 25.8 Å². The lowest BCUT2D eigenvalue weighted by atomic mass is 9.99. The normalized spacial score (nSPS) is 14.1. The largest absolute Gasteiger partial charge is 0.480 e. The molecule has 0 saturated heterocycles. The van der Waals surface area contributed by atoms with Crippen LogP contribution in [0.5, 0.6) is 0 Å². The van der Waals surface area contributed by atoms with Gasteiger partial charge in [0, 0.05) is 0 Å². The zero-order valence-corrected chi connectivity index (χ0v) is 11.5. The molecule has 1 aromatic rings. The average molecular weight is 296 g/mol. The van der Waals surface area contributed by atoms with E-state index >= 15 is 0 Å². The summed E-state index contributed by atoms with van der Waals surface area (Å²) < 4.78 is 0.630. The van der Waals surface area contributed by atoms with Crippen LogP contribution in [0, 0.1) is 0 Å². The SMILES string of the molecule is CCC(C)(NC(=O)c1cc(Cl)sc1Cl)C(=O)O. The van der Waals surface area contributed by atoms with Gasteiger partial charge < -0.3 is 10.4 Å². The summed E-state index contributed by atoms with van der Waals surface area (Å²) in [5, 5.41) is 11.5. The van der Waals surface area contributed by atoms with Gasteiger partial charge in [0.1, 0.15) is 9.88 Å². The molecular weight excluding hydrogens is 285 g/mol. The molecule has 0 aliphatic rings. The Morgan fingerprint density at radius 3 is 2.47 bits per heavy atom. The first kappa shape index (κ1) is 14.3. The fourth-order valence-electron chi connectivity index (χ4n) is 1.11. The Labute approximate surface area is 113 Å². The van der Waals surface area contributed by atoms with E-state index in [0.29, 0.717) is 4.34 Å². The molecule has 1 atom stereocenters. The van der Waals surface area contributed by atoms with Gasteiger partial charge in [-0.25, -0.2) is 4.79 Å². The number of carbonyl (C=O) groups excluding carboxylic acids is 1. The summed E-state index contributed by atoms with van der Waals surface area (Å²) in [6.07, 6.45) is 0.267. The number of aliphatic carboxylic acids is 1. The van der Waals surface area contributed by atoms with E-state index < -0.39 is 17.4 Å². The van der Waals surface area contributed by atoms with Crippen LogP contribution in [0.1, 0.15) is 30.6 Å². The van der Waals surface area contributed by atoms with Crippen LogP contribution < -0.4 is 5.32 Å². The zero-order chi connectivity index (χ0) is 13.2. The molecule has 0 saturated carbocycles. The molecule has 1 rings (SSSR count). The van der Waals surface area contributed by atoms with E-state index in [-0.39, 0.29) is 16.3 Å². The van der Waals surface area contributed by atoms with Gasteiger partial charge in [0.25, 0.3) is 5.91 Å². The zero-order valence-electron chi connectivity index (χ0n) is 9.21. The minimum atomic E-state index is -1.31. The van der Waals surface area contributed by atoms with Gasteiger partial charge >= 0.3 is 5.97 Å². The second-order valence-corrected chi connectivity index (χ2v) is 5.97. The number of rotatable bonds is 4. The number of thiophene rings is 1. The molecule has 0 spiro atoms. The van der Waals surface area contributed by atoms with E-state index in [0.717, 1.165) is 11.3 Å². The molecule has 1 aromatic heterocycles. The molecule has 94 valence electrons. The maximum Gasteiger partial charge on any atom is 0.329 e. The maximum absolute atomic E-state index is 11.8. The van der Waals surface area contributed by atoms with Crippen molar-refractivity contribution in [1.29, 1.82) is 0 Å². The summed E-state index contributed by atoms with van der Waals surface area (Å²) in [5.74, 6) is -1.63. The summed E-state index contributed by atoms with van der Waals surface area (Å²) >= 11 is 12.6. The quantitative estimate of drug-likeness (QED) is 0.897. The highest BCUT2D eigenvalue weighted by Gasteiger charge is 2.33. The second-order valence-electron chi connectivity index (χ2n) is 3.68. The van der Waals surface area contributed by atoms with Crippen LogP contribution in [-0.2, 0) is 4.79 Å². The van der Waals surface area contributed by atoms with Gasteiger partial charge in [0.2, 0.25) is 0 Å². The number of carboxylic acids is 1. The van der Waals surface area contributed by atoms with E-state index in [1.165, 1.54) is 13.0 Å². The second kappa shape index (κ2) is 5.25. The molecule has 1 heterocycles. The number of nitrogens with one attached hydrogen (secondary N) is 1. The summed E-state index contributed by atoms with van der Waals surface area (Å²) in [6.45, 7) is 3.12. The van der Waals surface area contributed by atoms with Crippen molar-refractivity contribution in [2.24, 2.45) is 0 Å². The minimum absolute atomic E-state index is 0.197. The third kappa shape index (κ3) is 3.12. The van der Waals surface area contributed by atoms with Gasteiger partial charge in [0.05, 0.1) is 9.90 Å². The highest BCUT2D eigenvalue weighted by molar-refractivity contribution is 7.20. The van der Waals surface area contributed by atoms with Crippen LogP contribution >= 0.6 is 34.5 Å². The number of halogens is 2. The van der Waals surface area contributed by atoms with Crippen molar-refractivity contribution < 1.29 is 14.7 Å². The molecule has 0 aliphatic heterocycles. The van der Waals surface area contributed by atoms with Crippen LogP contribution in [0.4, 0.5) is 0 Å². The highest BCUT2D eigenvalue weighted by atomic mass is 35.5. The molecule has 0 bridgehead atoms. The lowest BCUT2D eigenvalue weighted by Crippen LogP contribution is -2.51. The Hall–Kier alpha value is -0.780. The van der Waals surface area contributed by atoms with Gasteiger partial charge in [-0.2, -0.15) is 0 Å². The van der Waals surface area contributed by atoms with Gasteiger partial charge in [-0.3, -0.25) is 4.79 Å². The van der Waals surface area contributed by atoms with Crippen molar-refractivity contribution in [2.75, 3.05) is 0 Å². The van der Waals surface area contributed by atoms with Crippen LogP contribution in [-0.4, -0.2) is 22.5 Å². The highest BCUT2D eigenvalue weighted by Crippen LogP contribution is 2.31. The van der Waals surface area contributed by atoms with E-state index in [9.17, 15) is 9.59 Å². The average Bonchev–Trinajstić information content (AvgIpc) is 2.57. The third-order valence-corrected chi connectivity index (χ3v) is 3.96. The lowest BCUT2D eigenvalue weighted by Gasteiger charge is -2.24. The Morgan fingerprint density at radius 1 is 1.53 bits per heavy atom. The number of hydrogen-bond donors (Lipinski definition) is 2. The first-order chi connectivity index (χ1) is 7.80. The van der Waals surface area contributed by atoms with Crippen LogP contribution in [0.15, 0.2) is 6.07 Å². The molecule has 0 aliphatic carbocycles. The summed E-state index contributed by atoms with van der Waals surface area (Å²) in [4.78, 5) is 22.9. The molecule has 1 unspecified atom stereocenters. The molecule has 7 heteroatoms. The first-order valence-electron chi connectivity index (χ1n) is 4.81. The molecule has 17 heavy (non-hydrogen) atoms. The molecule has 0 radical (unpaired) electrons. The maximum atomic E-state index is 11.8. The predicted molar refractivity (Wildman–Crippen MR) is 68.1 cm³/mol. The third-order valence-electron chi connectivity index (χ3n) is 2.47. The fraction of sp³-hybridized carbons (Fsp3) is 0.400. The van der Waals surface area contributed by atoms with Crippen molar-refractivity contribution in [1.82, 2.24) is 5.32 Å². The van der Waals surface area contributed by atoms with Crippen LogP contribution in [0.25, 0.3) is 0 Å². The first-order valence-corrected chi connectivity index (χ1v) is 6.38. The van der Waals surface area contributed by atoms with Crippen LogP contribution in [0.3, 0.4) is 0 Å². The molecule has 0 aromatic carbocycles. The van der Waals surface area contributed by atoms with Gasteiger partial charge in [-0.1, -0.05) is 30.1 Å². The van der Waals surface area contributed by atoms with E-state index in [1.54, 1.807) is 6.92 Å². The van der Waals surface area contributed by atoms with Crippen LogP contribution in [0.2, 0.25) is 8.67 Å². The van der Waals surface area contributed by atoms with E-state index in [1.807, 2.05) is 0 Å². The van der Waals surface area contributed by atoms with Crippen molar-refractivity contribution in [3.8, 4) is 0 Å². The van der Waals surface area contributed by atoms with Gasteiger partial charge in [0.15, 0.2) is 0 Å². The topological polar surface area (TPSA) is 66.4 Å². The number of carboxylic acid groups (broad SMARTS) is 1. The van der Waals surface area contributed by atoms with Crippen molar-refractivity contribution in [3.63, 3.8) is 0 Å². The Kier molecular flexibility index (Phi) is 4.41. The molecular formula is C10H11Cl2NO3S. The van der Waals surface area contributed by atoms with Gasteiger partial charge in [-0.15, -0.1) is 11.3 Å². The molecule has 4 nitrogen and oxygen atoms in total. The smallest absolute Gasteiger partial charge is 0.329 e. The van der Waals surface area contributed by atoms with Crippen molar-refractivity contribution in [3.05, 3.63) is 20.3 Å². The Morgan fingerprint density at radius 2 is 2.12 bits per heavy atom. The monoisotopic (exact) mass is 295 g/mol. The lowest BCUT2D eigenvalue weighted by molar-refractivity contribution is -0.143. The standard InChI is InChI=1S/C10H11Cl2NO3S/c1-3-10(2,9(15)16)13-8(14)5-4-6(11)17-7(5)12/h4H,3H2,1-2H3,(H,13,14)(H,15,16). The van der Waals surface area contributed by atoms with E-state index in [4.69, 9.17) is 28.3 Å². The van der Waals surface area contributed by atoms with Crippen molar-refractivity contribution >= 4 is 46.4 Å². The number of amides is 1. The minimum Gasteiger partial charge on any atom is -0.480 e. The number of carbonyl (C=O) groups is 2. The predicted octanol–water partition coefficient (Wildman–Crippen LogP) is 3.04. The Bertz CT molecular complexity index is 460. The van der Waals surface area contributed by atoms with Gasteiger partial charge in [-0.05, 0) is 19.4 Å². The summed E-state index contributed by atoms with van der Waals surface area (Å²) in [5.41, 5.74) is -1.11. The number of hydrogen-bond acceptors (Lipinski definition) is 3. The summed E-state index contributed by atoms with van der Waals surface area (Å²) in [7, 11) is 0. The Balaban J connectivity index is 2.93. The molecule has 1 amide bonds. The molecule has 2 N–H and O–H groups in total. The fourth-order valence-corrected chi connectivity index (χ4v) is 2.56. The van der Waals surface area contributed by atoms with E-state index in [2.05, 4.69) is 5.32 Å². The molecule has 0 fully saturated rings. The summed E-state index contributed by atoms with van der Waals surface area (Å²) in [6, 6.07) is 1.42.